The third-order valence-electron chi connectivity index (χ3n) is 2.78. The normalized spacial score (nSPS) is 10.5. The molecule has 0 bridgehead atoms. The van der Waals surface area contributed by atoms with Gasteiger partial charge >= 0.3 is 0 Å². The number of H-pyrrole nitrogens is 2. The molecule has 3 rings (SSSR count). The van der Waals surface area contributed by atoms with Crippen molar-refractivity contribution in [2.75, 3.05) is 5.32 Å². The van der Waals surface area contributed by atoms with Crippen molar-refractivity contribution in [3.63, 3.8) is 0 Å². The summed E-state index contributed by atoms with van der Waals surface area (Å²) < 4.78 is 0. The number of hydrogen-bond donors (Lipinski definition) is 3. The molecule has 0 spiro atoms. The van der Waals surface area contributed by atoms with Gasteiger partial charge in [0.25, 0.3) is 5.91 Å². The van der Waals surface area contributed by atoms with Gasteiger partial charge in [0, 0.05) is 17.6 Å². The molecule has 2 heterocycles. The number of rotatable bonds is 2. The summed E-state index contributed by atoms with van der Waals surface area (Å²) >= 11 is 0. The Labute approximate surface area is 107 Å². The second-order valence-electron chi connectivity index (χ2n) is 4.03. The number of pyridine rings is 1. The van der Waals surface area contributed by atoms with Crippen molar-refractivity contribution in [3.05, 3.63) is 58.6 Å². The largest absolute Gasteiger partial charge is 0.328 e. The number of carbonyl (C=O) groups excluding carboxylic acids is 1. The van der Waals surface area contributed by atoms with E-state index in [4.69, 9.17) is 0 Å². The van der Waals surface area contributed by atoms with E-state index in [1.165, 1.54) is 18.3 Å². The second-order valence-corrected chi connectivity index (χ2v) is 4.03. The molecule has 19 heavy (non-hydrogen) atoms. The predicted molar refractivity (Wildman–Crippen MR) is 71.1 cm³/mol. The average Bonchev–Trinajstić information content (AvgIpc) is 2.89. The molecule has 0 radical (unpaired) electrons. The van der Waals surface area contributed by atoms with Gasteiger partial charge < -0.3 is 10.3 Å². The molecular weight excluding hydrogens is 244 g/mol. The van der Waals surface area contributed by atoms with E-state index in [0.717, 1.165) is 10.9 Å². The summed E-state index contributed by atoms with van der Waals surface area (Å²) in [4.78, 5) is 25.4. The van der Waals surface area contributed by atoms with Crippen LogP contribution in [0.2, 0.25) is 0 Å². The van der Waals surface area contributed by atoms with Crippen LogP contribution in [0.3, 0.4) is 0 Å². The van der Waals surface area contributed by atoms with Crippen LogP contribution in [0.5, 0.6) is 0 Å². The number of benzene rings is 1. The van der Waals surface area contributed by atoms with Crippen LogP contribution in [0.1, 0.15) is 10.4 Å². The lowest BCUT2D eigenvalue weighted by molar-refractivity contribution is 0.102. The first-order valence-corrected chi connectivity index (χ1v) is 5.66. The molecule has 0 saturated heterocycles. The Morgan fingerprint density at radius 3 is 2.89 bits per heavy atom. The van der Waals surface area contributed by atoms with Crippen molar-refractivity contribution in [1.82, 2.24) is 15.2 Å². The standard InChI is InChI=1S/C13H10N4O2/c18-12-5-4-8(6-14-12)13(19)16-10-2-1-3-11-9(10)7-15-17-11/h1-7H,(H,14,18)(H,15,17)(H,16,19). The van der Waals surface area contributed by atoms with E-state index in [-0.39, 0.29) is 11.5 Å². The van der Waals surface area contributed by atoms with Crippen LogP contribution in [-0.4, -0.2) is 21.1 Å². The van der Waals surface area contributed by atoms with Crippen molar-refractivity contribution in [3.8, 4) is 0 Å². The predicted octanol–water partition coefficient (Wildman–Crippen LogP) is 1.50. The van der Waals surface area contributed by atoms with Gasteiger partial charge in [-0.25, -0.2) is 0 Å². The summed E-state index contributed by atoms with van der Waals surface area (Å²) in [6, 6.07) is 8.28. The highest BCUT2D eigenvalue weighted by molar-refractivity contribution is 6.08. The van der Waals surface area contributed by atoms with Gasteiger partial charge in [-0.2, -0.15) is 5.10 Å². The van der Waals surface area contributed by atoms with Crippen molar-refractivity contribution < 1.29 is 4.79 Å². The minimum Gasteiger partial charge on any atom is -0.328 e. The van der Waals surface area contributed by atoms with Crippen molar-refractivity contribution in [1.29, 1.82) is 0 Å². The van der Waals surface area contributed by atoms with Crippen LogP contribution < -0.4 is 10.9 Å². The van der Waals surface area contributed by atoms with E-state index in [1.54, 1.807) is 12.3 Å². The van der Waals surface area contributed by atoms with E-state index in [1.807, 2.05) is 12.1 Å². The Bertz CT molecular complexity index is 783. The molecule has 6 nitrogen and oxygen atoms in total. The minimum atomic E-state index is -0.287. The molecule has 0 aliphatic carbocycles. The summed E-state index contributed by atoms with van der Waals surface area (Å²) in [6.45, 7) is 0. The number of hydrogen-bond acceptors (Lipinski definition) is 3. The van der Waals surface area contributed by atoms with Gasteiger partial charge in [0.1, 0.15) is 0 Å². The SMILES string of the molecule is O=C(Nc1cccc2[nH]ncc12)c1ccc(=O)[nH]c1. The van der Waals surface area contributed by atoms with E-state index >= 15 is 0 Å². The topological polar surface area (TPSA) is 90.6 Å². The lowest BCUT2D eigenvalue weighted by Crippen LogP contribution is -2.14. The third-order valence-corrected chi connectivity index (χ3v) is 2.78. The molecule has 2 aromatic heterocycles. The Hall–Kier alpha value is -2.89. The van der Waals surface area contributed by atoms with Gasteiger partial charge in [0.2, 0.25) is 5.56 Å². The summed E-state index contributed by atoms with van der Waals surface area (Å²) in [5.74, 6) is -0.287. The van der Waals surface area contributed by atoms with E-state index < -0.39 is 0 Å². The molecule has 6 heteroatoms. The minimum absolute atomic E-state index is 0.242. The number of carbonyl (C=O) groups is 1. The van der Waals surface area contributed by atoms with Gasteiger partial charge in [-0.05, 0) is 18.2 Å². The zero-order valence-corrected chi connectivity index (χ0v) is 9.81. The van der Waals surface area contributed by atoms with E-state index in [9.17, 15) is 9.59 Å². The fourth-order valence-corrected chi connectivity index (χ4v) is 1.82. The van der Waals surface area contributed by atoms with E-state index in [2.05, 4.69) is 20.5 Å². The Kier molecular flexibility index (Phi) is 2.60. The summed E-state index contributed by atoms with van der Waals surface area (Å²) in [6.07, 6.45) is 3.03. The molecule has 3 N–H and O–H groups in total. The number of anilines is 1. The van der Waals surface area contributed by atoms with E-state index in [0.29, 0.717) is 11.3 Å². The molecular formula is C13H10N4O2. The Balaban J connectivity index is 1.92. The van der Waals surface area contributed by atoms with Gasteiger partial charge in [-0.1, -0.05) is 6.07 Å². The first-order chi connectivity index (χ1) is 9.24. The van der Waals surface area contributed by atoms with Crippen LogP contribution in [0, 0.1) is 0 Å². The molecule has 1 amide bonds. The van der Waals surface area contributed by atoms with Gasteiger partial charge in [-0.15, -0.1) is 0 Å². The highest BCUT2D eigenvalue weighted by Gasteiger charge is 2.08. The molecule has 0 saturated carbocycles. The Morgan fingerprint density at radius 2 is 2.11 bits per heavy atom. The molecule has 3 aromatic rings. The van der Waals surface area contributed by atoms with Crippen LogP contribution in [0.4, 0.5) is 5.69 Å². The molecule has 94 valence electrons. The van der Waals surface area contributed by atoms with Crippen LogP contribution >= 0.6 is 0 Å². The smallest absolute Gasteiger partial charge is 0.257 e. The summed E-state index contributed by atoms with van der Waals surface area (Å²) in [5.41, 5.74) is 1.66. The maximum atomic E-state index is 12.0. The first kappa shape index (κ1) is 11.2. The van der Waals surface area contributed by atoms with Gasteiger partial charge in [0.05, 0.1) is 23.0 Å². The Morgan fingerprint density at radius 1 is 1.21 bits per heavy atom. The number of nitrogens with zero attached hydrogens (tertiary/aromatic N) is 1. The lowest BCUT2D eigenvalue weighted by atomic mass is 10.2. The van der Waals surface area contributed by atoms with Gasteiger partial charge in [0.15, 0.2) is 0 Å². The molecule has 0 unspecified atom stereocenters. The number of aromatic nitrogens is 3. The zero-order valence-electron chi connectivity index (χ0n) is 9.81. The maximum absolute atomic E-state index is 12.0. The average molecular weight is 254 g/mol. The third kappa shape index (κ3) is 2.11. The number of amides is 1. The monoisotopic (exact) mass is 254 g/mol. The second kappa shape index (κ2) is 4.41. The number of nitrogens with one attached hydrogen (secondary N) is 3. The van der Waals surface area contributed by atoms with Crippen molar-refractivity contribution in [2.24, 2.45) is 0 Å². The van der Waals surface area contributed by atoms with Gasteiger partial charge in [-0.3, -0.25) is 14.7 Å². The quantitative estimate of drug-likeness (QED) is 0.647. The van der Waals surface area contributed by atoms with Crippen LogP contribution in [0.15, 0.2) is 47.5 Å². The highest BCUT2D eigenvalue weighted by atomic mass is 16.1. The van der Waals surface area contributed by atoms with Crippen LogP contribution in [-0.2, 0) is 0 Å². The molecule has 1 aromatic carbocycles. The number of fused-ring (bicyclic) bond motifs is 1. The maximum Gasteiger partial charge on any atom is 0.257 e. The molecule has 0 aliphatic heterocycles. The number of aromatic amines is 2. The van der Waals surface area contributed by atoms with Crippen molar-refractivity contribution >= 4 is 22.5 Å². The zero-order chi connectivity index (χ0) is 13.2. The molecule has 0 aliphatic rings. The molecule has 0 fully saturated rings. The van der Waals surface area contributed by atoms with Crippen LogP contribution in [0.25, 0.3) is 10.9 Å². The van der Waals surface area contributed by atoms with Crippen molar-refractivity contribution in [2.45, 2.75) is 0 Å². The first-order valence-electron chi connectivity index (χ1n) is 5.66. The lowest BCUT2D eigenvalue weighted by Gasteiger charge is -2.05. The fraction of sp³-hybridized carbons (Fsp3) is 0. The highest BCUT2D eigenvalue weighted by Crippen LogP contribution is 2.21. The molecule has 0 atom stereocenters. The summed E-state index contributed by atoms with van der Waals surface area (Å²) in [7, 11) is 0. The fourth-order valence-electron chi connectivity index (χ4n) is 1.82. The summed E-state index contributed by atoms with van der Waals surface area (Å²) in [5, 5.41) is 10.4.